The van der Waals surface area contributed by atoms with Crippen LogP contribution in [-0.4, -0.2) is 24.6 Å². The van der Waals surface area contributed by atoms with Gasteiger partial charge in [-0.25, -0.2) is 0 Å². The summed E-state index contributed by atoms with van der Waals surface area (Å²) in [4.78, 5) is 47.0. The molecule has 0 fully saturated rings. The summed E-state index contributed by atoms with van der Waals surface area (Å²) >= 11 is 0. The third-order valence-corrected chi connectivity index (χ3v) is 5.22. The molecule has 0 aliphatic carbocycles. The third kappa shape index (κ3) is 6.77. The van der Waals surface area contributed by atoms with Gasteiger partial charge in [0.1, 0.15) is 12.1 Å². The van der Waals surface area contributed by atoms with E-state index in [1.165, 1.54) is 0 Å². The van der Waals surface area contributed by atoms with E-state index in [-0.39, 0.29) is 24.9 Å². The first kappa shape index (κ1) is 24.2. The van der Waals surface area contributed by atoms with Gasteiger partial charge in [0.15, 0.2) is 0 Å². The molecule has 174 valence electrons. The fraction of sp³-hybridized carbons (Fsp3) is 0.154. The maximum atomic E-state index is 12.6. The standard InChI is InChI=1S/C26H26N4O4/c31-17-29-23(21-7-3-1-4-8-21)25(33)27-15-19-11-13-20(14-12-19)16-28-26(34)24(30-18-32)22-9-5-2-6-10-22/h1-14,17-18,23-24H,15-16H2,(H,27,33)(H,28,34)(H,29,31)(H,30,32)/t23-,24+. The van der Waals surface area contributed by atoms with Gasteiger partial charge in [-0.15, -0.1) is 0 Å². The van der Waals surface area contributed by atoms with E-state index in [1.54, 1.807) is 48.5 Å². The van der Waals surface area contributed by atoms with Crippen molar-refractivity contribution in [3.63, 3.8) is 0 Å². The van der Waals surface area contributed by atoms with Crippen LogP contribution in [0.5, 0.6) is 0 Å². The highest BCUT2D eigenvalue weighted by Gasteiger charge is 2.20. The smallest absolute Gasteiger partial charge is 0.247 e. The summed E-state index contributed by atoms with van der Waals surface area (Å²) in [7, 11) is 0. The Kier molecular flexibility index (Phi) is 8.92. The molecule has 0 aliphatic heterocycles. The summed E-state index contributed by atoms with van der Waals surface area (Å²) in [5.74, 6) is -0.631. The maximum Gasteiger partial charge on any atom is 0.247 e. The van der Waals surface area contributed by atoms with Crippen molar-refractivity contribution in [2.24, 2.45) is 0 Å². The highest BCUT2D eigenvalue weighted by Crippen LogP contribution is 2.14. The number of benzene rings is 3. The van der Waals surface area contributed by atoms with Gasteiger partial charge >= 0.3 is 0 Å². The van der Waals surface area contributed by atoms with Crippen LogP contribution in [0, 0.1) is 0 Å². The second kappa shape index (κ2) is 12.5. The van der Waals surface area contributed by atoms with E-state index in [9.17, 15) is 19.2 Å². The number of hydrogen-bond acceptors (Lipinski definition) is 4. The lowest BCUT2D eigenvalue weighted by atomic mass is 10.1. The average Bonchev–Trinajstić information content (AvgIpc) is 2.89. The molecule has 4 amide bonds. The molecular formula is C26H26N4O4. The molecule has 3 rings (SSSR count). The predicted molar refractivity (Wildman–Crippen MR) is 127 cm³/mol. The van der Waals surface area contributed by atoms with Crippen LogP contribution in [0.15, 0.2) is 84.9 Å². The topological polar surface area (TPSA) is 116 Å². The second-order valence-electron chi connectivity index (χ2n) is 7.51. The van der Waals surface area contributed by atoms with E-state index in [4.69, 9.17) is 0 Å². The minimum Gasteiger partial charge on any atom is -0.350 e. The van der Waals surface area contributed by atoms with Crippen molar-refractivity contribution in [2.75, 3.05) is 0 Å². The van der Waals surface area contributed by atoms with E-state index < -0.39 is 12.1 Å². The molecule has 0 unspecified atom stereocenters. The molecule has 0 aliphatic rings. The third-order valence-electron chi connectivity index (χ3n) is 5.22. The Bertz CT molecular complexity index is 1000. The average molecular weight is 459 g/mol. The summed E-state index contributed by atoms with van der Waals surface area (Å²) in [6.45, 7) is 0.573. The van der Waals surface area contributed by atoms with Gasteiger partial charge in [0, 0.05) is 13.1 Å². The molecule has 0 heterocycles. The van der Waals surface area contributed by atoms with Crippen molar-refractivity contribution in [3.8, 4) is 0 Å². The molecule has 0 radical (unpaired) electrons. The van der Waals surface area contributed by atoms with Crippen LogP contribution in [0.2, 0.25) is 0 Å². The van der Waals surface area contributed by atoms with Gasteiger partial charge in [0.2, 0.25) is 24.6 Å². The molecule has 0 spiro atoms. The summed E-state index contributed by atoms with van der Waals surface area (Å²) in [6.07, 6.45) is 1.01. The lowest BCUT2D eigenvalue weighted by molar-refractivity contribution is -0.125. The van der Waals surface area contributed by atoms with Gasteiger partial charge in [-0.3, -0.25) is 19.2 Å². The highest BCUT2D eigenvalue weighted by molar-refractivity contribution is 5.85. The molecule has 8 nitrogen and oxygen atoms in total. The monoisotopic (exact) mass is 458 g/mol. The van der Waals surface area contributed by atoms with E-state index in [0.29, 0.717) is 23.9 Å². The van der Waals surface area contributed by atoms with Gasteiger partial charge in [-0.2, -0.15) is 0 Å². The highest BCUT2D eigenvalue weighted by atomic mass is 16.2. The molecule has 4 N–H and O–H groups in total. The first-order chi connectivity index (χ1) is 16.6. The Morgan fingerprint density at radius 1 is 0.588 bits per heavy atom. The van der Waals surface area contributed by atoms with Gasteiger partial charge in [0.05, 0.1) is 0 Å². The summed E-state index contributed by atoms with van der Waals surface area (Å²) in [5, 5.41) is 10.7. The molecule has 0 saturated carbocycles. The predicted octanol–water partition coefficient (Wildman–Crippen LogP) is 1.89. The van der Waals surface area contributed by atoms with Crippen molar-refractivity contribution in [2.45, 2.75) is 25.2 Å². The van der Waals surface area contributed by atoms with Crippen molar-refractivity contribution < 1.29 is 19.2 Å². The van der Waals surface area contributed by atoms with Crippen LogP contribution in [-0.2, 0) is 32.3 Å². The van der Waals surface area contributed by atoms with Crippen molar-refractivity contribution >= 4 is 24.6 Å². The zero-order chi connectivity index (χ0) is 24.2. The Morgan fingerprint density at radius 2 is 0.941 bits per heavy atom. The van der Waals surface area contributed by atoms with Crippen molar-refractivity contribution in [1.82, 2.24) is 21.3 Å². The Labute approximate surface area is 197 Å². The van der Waals surface area contributed by atoms with E-state index in [0.717, 1.165) is 11.1 Å². The summed E-state index contributed by atoms with van der Waals surface area (Å²) < 4.78 is 0. The first-order valence-corrected chi connectivity index (χ1v) is 10.7. The molecule has 0 saturated heterocycles. The van der Waals surface area contributed by atoms with Crippen LogP contribution in [0.25, 0.3) is 0 Å². The van der Waals surface area contributed by atoms with E-state index in [1.807, 2.05) is 36.4 Å². The lowest BCUT2D eigenvalue weighted by Crippen LogP contribution is -2.37. The van der Waals surface area contributed by atoms with Crippen LogP contribution < -0.4 is 21.3 Å². The molecular weight excluding hydrogens is 432 g/mol. The molecule has 0 aromatic heterocycles. The Hall–Kier alpha value is -4.46. The molecule has 8 heteroatoms. The first-order valence-electron chi connectivity index (χ1n) is 10.7. The molecule has 3 aromatic carbocycles. The number of hydrogen-bond donors (Lipinski definition) is 4. The van der Waals surface area contributed by atoms with Crippen LogP contribution in [0.4, 0.5) is 0 Å². The van der Waals surface area contributed by atoms with Crippen molar-refractivity contribution in [1.29, 1.82) is 0 Å². The van der Waals surface area contributed by atoms with Crippen LogP contribution in [0.3, 0.4) is 0 Å². The number of carbonyl (C=O) groups is 4. The molecule has 34 heavy (non-hydrogen) atoms. The summed E-state index contributed by atoms with van der Waals surface area (Å²) in [5.41, 5.74) is 3.12. The normalized spacial score (nSPS) is 12.0. The zero-order valence-electron chi connectivity index (χ0n) is 18.4. The van der Waals surface area contributed by atoms with Gasteiger partial charge in [0.25, 0.3) is 0 Å². The second-order valence-corrected chi connectivity index (χ2v) is 7.51. The Balaban J connectivity index is 1.53. The van der Waals surface area contributed by atoms with Gasteiger partial charge < -0.3 is 21.3 Å². The minimum absolute atomic E-state index is 0.286. The Morgan fingerprint density at radius 3 is 1.26 bits per heavy atom. The SMILES string of the molecule is O=CN[C@H](C(=O)NCc1ccc(CNC(=O)[C@H](NC=O)c2ccccc2)cc1)c1ccccc1. The van der Waals surface area contributed by atoms with Crippen molar-refractivity contribution in [3.05, 3.63) is 107 Å². The lowest BCUT2D eigenvalue weighted by Gasteiger charge is -2.17. The molecule has 2 atom stereocenters. The fourth-order valence-corrected chi connectivity index (χ4v) is 3.43. The summed E-state index contributed by atoms with van der Waals surface area (Å²) in [6, 6.07) is 23.8. The minimum atomic E-state index is -0.772. The van der Waals surface area contributed by atoms with Crippen LogP contribution >= 0.6 is 0 Å². The maximum absolute atomic E-state index is 12.6. The van der Waals surface area contributed by atoms with Gasteiger partial charge in [-0.05, 0) is 22.3 Å². The van der Waals surface area contributed by atoms with Gasteiger partial charge in [-0.1, -0.05) is 84.9 Å². The number of carbonyl (C=O) groups excluding carboxylic acids is 4. The number of nitrogens with one attached hydrogen (secondary N) is 4. The zero-order valence-corrected chi connectivity index (χ0v) is 18.4. The quantitative estimate of drug-likeness (QED) is 0.310. The largest absolute Gasteiger partial charge is 0.350 e. The number of rotatable bonds is 12. The molecule has 0 bridgehead atoms. The fourth-order valence-electron chi connectivity index (χ4n) is 3.43. The number of amides is 4. The van der Waals surface area contributed by atoms with Crippen LogP contribution in [0.1, 0.15) is 34.3 Å². The van der Waals surface area contributed by atoms with E-state index >= 15 is 0 Å². The molecule has 3 aromatic rings. The van der Waals surface area contributed by atoms with E-state index in [2.05, 4.69) is 21.3 Å².